The predicted molar refractivity (Wildman–Crippen MR) is 56.3 cm³/mol. The summed E-state index contributed by atoms with van der Waals surface area (Å²) in [5.41, 5.74) is 1.65. The number of halogens is 1. The molecule has 0 bridgehead atoms. The SMILES string of the molecule is CCc1cc(I)cnc1C(C)=O. The van der Waals surface area contributed by atoms with Crippen molar-refractivity contribution < 1.29 is 4.79 Å². The van der Waals surface area contributed by atoms with Gasteiger partial charge in [-0.2, -0.15) is 0 Å². The third kappa shape index (κ3) is 2.03. The first-order valence-corrected chi connectivity index (χ1v) is 4.88. The lowest BCUT2D eigenvalue weighted by atomic mass is 10.1. The third-order valence-electron chi connectivity index (χ3n) is 1.65. The van der Waals surface area contributed by atoms with Crippen molar-refractivity contribution >= 4 is 28.4 Å². The fourth-order valence-corrected chi connectivity index (χ4v) is 1.58. The number of hydrogen-bond donors (Lipinski definition) is 0. The number of aromatic nitrogens is 1. The van der Waals surface area contributed by atoms with Gasteiger partial charge in [0.15, 0.2) is 5.78 Å². The molecule has 1 rings (SSSR count). The van der Waals surface area contributed by atoms with E-state index in [-0.39, 0.29) is 5.78 Å². The number of pyridine rings is 1. The van der Waals surface area contributed by atoms with Crippen molar-refractivity contribution in [2.75, 3.05) is 0 Å². The molecule has 1 heterocycles. The van der Waals surface area contributed by atoms with Crippen LogP contribution in [-0.4, -0.2) is 10.8 Å². The number of carbonyl (C=O) groups is 1. The average molecular weight is 275 g/mol. The van der Waals surface area contributed by atoms with Crippen LogP contribution >= 0.6 is 22.6 Å². The zero-order chi connectivity index (χ0) is 9.14. The number of Topliss-reactive ketones (excluding diaryl/α,β-unsaturated/α-hetero) is 1. The standard InChI is InChI=1S/C9H10INO/c1-3-7-4-8(10)5-11-9(7)6(2)12/h4-5H,3H2,1-2H3. The summed E-state index contributed by atoms with van der Waals surface area (Å²) in [6, 6.07) is 2.00. The zero-order valence-electron chi connectivity index (χ0n) is 7.10. The highest BCUT2D eigenvalue weighted by Crippen LogP contribution is 2.11. The van der Waals surface area contributed by atoms with E-state index in [1.165, 1.54) is 0 Å². The summed E-state index contributed by atoms with van der Waals surface area (Å²) in [5.74, 6) is 0.0447. The van der Waals surface area contributed by atoms with Gasteiger partial charge in [-0.05, 0) is 40.6 Å². The van der Waals surface area contributed by atoms with Crippen molar-refractivity contribution in [2.24, 2.45) is 0 Å². The molecular weight excluding hydrogens is 265 g/mol. The number of hydrogen-bond acceptors (Lipinski definition) is 2. The Balaban J connectivity index is 3.20. The lowest BCUT2D eigenvalue weighted by Gasteiger charge is -2.02. The predicted octanol–water partition coefficient (Wildman–Crippen LogP) is 2.45. The first kappa shape index (κ1) is 9.64. The van der Waals surface area contributed by atoms with Crippen molar-refractivity contribution in [1.29, 1.82) is 0 Å². The van der Waals surface area contributed by atoms with Crippen LogP contribution in [-0.2, 0) is 6.42 Å². The van der Waals surface area contributed by atoms with Crippen LogP contribution < -0.4 is 0 Å². The van der Waals surface area contributed by atoms with Crippen LogP contribution in [0.15, 0.2) is 12.3 Å². The number of carbonyl (C=O) groups excluding carboxylic acids is 1. The molecule has 0 aromatic carbocycles. The van der Waals surface area contributed by atoms with Gasteiger partial charge in [0.1, 0.15) is 5.69 Å². The Morgan fingerprint density at radius 1 is 1.67 bits per heavy atom. The molecule has 3 heteroatoms. The van der Waals surface area contributed by atoms with Crippen LogP contribution in [0.2, 0.25) is 0 Å². The molecular formula is C9H10INO. The average Bonchev–Trinajstić information content (AvgIpc) is 2.03. The summed E-state index contributed by atoms with van der Waals surface area (Å²) in [6.07, 6.45) is 2.58. The molecule has 0 aliphatic carbocycles. The molecule has 0 unspecified atom stereocenters. The molecule has 12 heavy (non-hydrogen) atoms. The summed E-state index contributed by atoms with van der Waals surface area (Å²) < 4.78 is 1.08. The van der Waals surface area contributed by atoms with E-state index in [1.54, 1.807) is 13.1 Å². The molecule has 0 aliphatic rings. The molecule has 64 valence electrons. The van der Waals surface area contributed by atoms with E-state index in [1.807, 2.05) is 13.0 Å². The van der Waals surface area contributed by atoms with E-state index in [2.05, 4.69) is 27.6 Å². The molecule has 0 saturated heterocycles. The monoisotopic (exact) mass is 275 g/mol. The smallest absolute Gasteiger partial charge is 0.178 e. The maximum absolute atomic E-state index is 11.1. The Hall–Kier alpha value is -0.450. The summed E-state index contributed by atoms with van der Waals surface area (Å²) in [4.78, 5) is 15.2. The van der Waals surface area contributed by atoms with E-state index >= 15 is 0 Å². The minimum atomic E-state index is 0.0447. The van der Waals surface area contributed by atoms with Crippen molar-refractivity contribution in [2.45, 2.75) is 20.3 Å². The van der Waals surface area contributed by atoms with Crippen molar-refractivity contribution in [3.63, 3.8) is 0 Å². The molecule has 0 fully saturated rings. The zero-order valence-corrected chi connectivity index (χ0v) is 9.25. The Labute approximate surface area is 85.5 Å². The minimum absolute atomic E-state index is 0.0447. The summed E-state index contributed by atoms with van der Waals surface area (Å²) in [6.45, 7) is 3.58. The first-order valence-electron chi connectivity index (χ1n) is 3.80. The molecule has 0 spiro atoms. The van der Waals surface area contributed by atoms with E-state index in [9.17, 15) is 4.79 Å². The summed E-state index contributed by atoms with van der Waals surface area (Å²) >= 11 is 2.20. The molecule has 0 saturated carbocycles. The van der Waals surface area contributed by atoms with Gasteiger partial charge in [-0.1, -0.05) is 6.92 Å². The highest BCUT2D eigenvalue weighted by atomic mass is 127. The molecule has 2 nitrogen and oxygen atoms in total. The normalized spacial score (nSPS) is 9.92. The molecule has 0 amide bonds. The highest BCUT2D eigenvalue weighted by molar-refractivity contribution is 14.1. The van der Waals surface area contributed by atoms with Gasteiger partial charge in [0.25, 0.3) is 0 Å². The number of aryl methyl sites for hydroxylation is 1. The molecule has 0 atom stereocenters. The topological polar surface area (TPSA) is 30.0 Å². The third-order valence-corrected chi connectivity index (χ3v) is 2.24. The van der Waals surface area contributed by atoms with Crippen LogP contribution in [0.5, 0.6) is 0 Å². The fourth-order valence-electron chi connectivity index (χ4n) is 1.07. The van der Waals surface area contributed by atoms with Crippen LogP contribution in [0.1, 0.15) is 29.9 Å². The Morgan fingerprint density at radius 3 is 2.83 bits per heavy atom. The lowest BCUT2D eigenvalue weighted by molar-refractivity contribution is 0.101. The first-order chi connectivity index (χ1) is 5.65. The van der Waals surface area contributed by atoms with E-state index in [0.717, 1.165) is 15.6 Å². The van der Waals surface area contributed by atoms with Crippen LogP contribution in [0.25, 0.3) is 0 Å². The maximum atomic E-state index is 11.1. The number of ketones is 1. The van der Waals surface area contributed by atoms with E-state index in [4.69, 9.17) is 0 Å². The maximum Gasteiger partial charge on any atom is 0.178 e. The van der Waals surface area contributed by atoms with Crippen molar-refractivity contribution in [1.82, 2.24) is 4.98 Å². The van der Waals surface area contributed by atoms with Gasteiger partial charge in [0.05, 0.1) is 0 Å². The van der Waals surface area contributed by atoms with E-state index < -0.39 is 0 Å². The van der Waals surface area contributed by atoms with Gasteiger partial charge in [0, 0.05) is 16.7 Å². The van der Waals surface area contributed by atoms with Gasteiger partial charge in [-0.25, -0.2) is 0 Å². The molecule has 1 aromatic rings. The minimum Gasteiger partial charge on any atom is -0.293 e. The molecule has 0 aliphatic heterocycles. The van der Waals surface area contributed by atoms with Crippen molar-refractivity contribution in [3.8, 4) is 0 Å². The second kappa shape index (κ2) is 3.98. The molecule has 1 aromatic heterocycles. The van der Waals surface area contributed by atoms with Gasteiger partial charge in [0.2, 0.25) is 0 Å². The van der Waals surface area contributed by atoms with Gasteiger partial charge < -0.3 is 0 Å². The molecule has 0 N–H and O–H groups in total. The van der Waals surface area contributed by atoms with Crippen molar-refractivity contribution in [3.05, 3.63) is 27.1 Å². The van der Waals surface area contributed by atoms with Gasteiger partial charge >= 0.3 is 0 Å². The Bertz CT molecular complexity index is 309. The fraction of sp³-hybridized carbons (Fsp3) is 0.333. The number of rotatable bonds is 2. The van der Waals surface area contributed by atoms with Crippen LogP contribution in [0.4, 0.5) is 0 Å². The van der Waals surface area contributed by atoms with Gasteiger partial charge in [-0.15, -0.1) is 0 Å². The Morgan fingerprint density at radius 2 is 2.33 bits per heavy atom. The summed E-state index contributed by atoms with van der Waals surface area (Å²) in [7, 11) is 0. The summed E-state index contributed by atoms with van der Waals surface area (Å²) in [5, 5.41) is 0. The van der Waals surface area contributed by atoms with Crippen LogP contribution in [0, 0.1) is 3.57 Å². The number of nitrogens with zero attached hydrogens (tertiary/aromatic N) is 1. The van der Waals surface area contributed by atoms with Gasteiger partial charge in [-0.3, -0.25) is 9.78 Å². The lowest BCUT2D eigenvalue weighted by Crippen LogP contribution is -2.02. The quantitative estimate of drug-likeness (QED) is 0.613. The Kier molecular flexibility index (Phi) is 3.20. The second-order valence-electron chi connectivity index (χ2n) is 2.57. The largest absolute Gasteiger partial charge is 0.293 e. The highest BCUT2D eigenvalue weighted by Gasteiger charge is 2.06. The van der Waals surface area contributed by atoms with E-state index in [0.29, 0.717) is 5.69 Å². The van der Waals surface area contributed by atoms with Crippen LogP contribution in [0.3, 0.4) is 0 Å². The second-order valence-corrected chi connectivity index (χ2v) is 3.82. The molecule has 0 radical (unpaired) electrons.